The molecule has 0 bridgehead atoms. The summed E-state index contributed by atoms with van der Waals surface area (Å²) in [5, 5.41) is 0. The van der Waals surface area contributed by atoms with Crippen LogP contribution in [0.1, 0.15) is 35.5 Å². The largest absolute Gasteiger partial charge is 2.00 e. The number of unbranched alkanes of at least 4 members (excludes halogenated alkanes) is 3. The van der Waals surface area contributed by atoms with E-state index in [1.807, 2.05) is 4.99 Å². The van der Waals surface area contributed by atoms with Gasteiger partial charge in [0.1, 0.15) is 0 Å². The molecule has 0 aliphatic heterocycles. The summed E-state index contributed by atoms with van der Waals surface area (Å²) in [4.78, 5) is 1.93. The zero-order valence-electron chi connectivity index (χ0n) is 8.07. The van der Waals surface area contributed by atoms with Crippen molar-refractivity contribution >= 4 is 39.0 Å². The molecule has 0 aromatic heterocycles. The van der Waals surface area contributed by atoms with Crippen molar-refractivity contribution in [2.75, 3.05) is 0 Å². The Bertz CT molecular complexity index is 69.5. The Morgan fingerprint density at radius 2 is 2.11 bits per heavy atom. The van der Waals surface area contributed by atoms with Crippen LogP contribution in [0.2, 0.25) is 0 Å². The molecule has 0 atom stereocenters. The molecule has 0 aromatic carbocycles. The molecule has 0 aliphatic carbocycles. The Morgan fingerprint density at radius 3 is 2.56 bits per heavy atom. The first-order valence-corrected chi connectivity index (χ1v) is 4.08. The summed E-state index contributed by atoms with van der Waals surface area (Å²) in [6.45, 7) is 2.22. The standard InChI is InChI=1S/C7H13Br.Mg.2H/c1-2-3-4-5-6-7-8;;;/h6-7H,2-5H2,1H3;;;/q;+2;2*-1/b7-6+;;;. The fraction of sp³-hybridized carbons (Fsp3) is 0.714. The smallest absolute Gasteiger partial charge is 1.00 e. The summed E-state index contributed by atoms with van der Waals surface area (Å²) in [5.74, 6) is 0. The van der Waals surface area contributed by atoms with E-state index in [0.29, 0.717) is 0 Å². The fourth-order valence-electron chi connectivity index (χ4n) is 0.575. The number of hydrogen-bond acceptors (Lipinski definition) is 0. The van der Waals surface area contributed by atoms with Gasteiger partial charge >= 0.3 is 23.1 Å². The van der Waals surface area contributed by atoms with Gasteiger partial charge in [0.15, 0.2) is 0 Å². The van der Waals surface area contributed by atoms with E-state index in [1.54, 1.807) is 0 Å². The van der Waals surface area contributed by atoms with E-state index in [-0.39, 0.29) is 25.9 Å². The maximum Gasteiger partial charge on any atom is 2.00 e. The molecule has 0 aliphatic rings. The number of rotatable bonds is 4. The second-order valence-electron chi connectivity index (χ2n) is 1.86. The summed E-state index contributed by atoms with van der Waals surface area (Å²) < 4.78 is 0. The predicted octanol–water partition coefficient (Wildman–Crippen LogP) is 3.32. The molecule has 0 rings (SSSR count). The quantitative estimate of drug-likeness (QED) is 0.486. The topological polar surface area (TPSA) is 0 Å². The molecule has 2 heteroatoms. The van der Waals surface area contributed by atoms with Crippen LogP contribution in [0.15, 0.2) is 11.1 Å². The molecule has 0 saturated heterocycles. The number of halogens is 1. The Kier molecular flexibility index (Phi) is 16.5. The van der Waals surface area contributed by atoms with Crippen LogP contribution < -0.4 is 0 Å². The molecule has 0 unspecified atom stereocenters. The van der Waals surface area contributed by atoms with Crippen LogP contribution in [0.5, 0.6) is 0 Å². The second-order valence-corrected chi connectivity index (χ2v) is 2.39. The molecule has 0 heterocycles. The summed E-state index contributed by atoms with van der Waals surface area (Å²) in [6, 6.07) is 0. The maximum atomic E-state index is 3.22. The van der Waals surface area contributed by atoms with Crippen molar-refractivity contribution in [3.8, 4) is 0 Å². The van der Waals surface area contributed by atoms with Crippen LogP contribution in [-0.2, 0) is 0 Å². The minimum absolute atomic E-state index is 0. The molecule has 0 nitrogen and oxygen atoms in total. The molecule has 9 heavy (non-hydrogen) atoms. The average molecular weight is 203 g/mol. The van der Waals surface area contributed by atoms with E-state index in [9.17, 15) is 0 Å². The van der Waals surface area contributed by atoms with Crippen molar-refractivity contribution in [3.05, 3.63) is 11.1 Å². The van der Waals surface area contributed by atoms with Gasteiger partial charge < -0.3 is 2.85 Å². The Balaban J connectivity index is -0.0000000817. The van der Waals surface area contributed by atoms with Gasteiger partial charge in [-0.05, 0) is 17.8 Å². The summed E-state index contributed by atoms with van der Waals surface area (Å²) >= 11 is 3.22. The van der Waals surface area contributed by atoms with Gasteiger partial charge in [-0.3, -0.25) is 0 Å². The van der Waals surface area contributed by atoms with Crippen LogP contribution in [0.4, 0.5) is 0 Å². The van der Waals surface area contributed by atoms with Crippen molar-refractivity contribution in [3.63, 3.8) is 0 Å². The van der Waals surface area contributed by atoms with Gasteiger partial charge in [-0.25, -0.2) is 0 Å². The summed E-state index contributed by atoms with van der Waals surface area (Å²) in [7, 11) is 0. The predicted molar refractivity (Wildman–Crippen MR) is 50.2 cm³/mol. The molecule has 52 valence electrons. The van der Waals surface area contributed by atoms with Gasteiger partial charge in [-0.1, -0.05) is 41.8 Å². The Labute approximate surface area is 85.3 Å². The second kappa shape index (κ2) is 11.7. The van der Waals surface area contributed by atoms with E-state index in [4.69, 9.17) is 0 Å². The van der Waals surface area contributed by atoms with E-state index in [1.165, 1.54) is 25.7 Å². The number of allylic oxidation sites excluding steroid dienone is 1. The number of hydrogen-bond donors (Lipinski definition) is 0. The monoisotopic (exact) mass is 202 g/mol. The maximum absolute atomic E-state index is 3.22. The summed E-state index contributed by atoms with van der Waals surface area (Å²) in [6.07, 6.45) is 7.38. The van der Waals surface area contributed by atoms with Crippen LogP contribution in [-0.4, -0.2) is 23.1 Å². The van der Waals surface area contributed by atoms with Crippen molar-refractivity contribution < 1.29 is 2.85 Å². The van der Waals surface area contributed by atoms with Crippen molar-refractivity contribution in [2.24, 2.45) is 0 Å². The van der Waals surface area contributed by atoms with E-state index < -0.39 is 0 Å². The molecule has 0 radical (unpaired) electrons. The molecule has 0 fully saturated rings. The molecule has 0 saturated carbocycles. The van der Waals surface area contributed by atoms with E-state index in [0.717, 1.165) is 0 Å². The third-order valence-corrected chi connectivity index (χ3v) is 1.44. The Morgan fingerprint density at radius 1 is 1.44 bits per heavy atom. The van der Waals surface area contributed by atoms with Crippen LogP contribution in [0.3, 0.4) is 0 Å². The van der Waals surface area contributed by atoms with Crippen LogP contribution in [0, 0.1) is 0 Å². The molecule has 0 N–H and O–H groups in total. The van der Waals surface area contributed by atoms with Gasteiger partial charge in [0.25, 0.3) is 0 Å². The third kappa shape index (κ3) is 12.2. The normalized spacial score (nSPS) is 9.56. The van der Waals surface area contributed by atoms with Gasteiger partial charge in [0, 0.05) is 0 Å². The first kappa shape index (κ1) is 12.6. The zero-order valence-corrected chi connectivity index (χ0v) is 9.07. The fourth-order valence-corrected chi connectivity index (χ4v) is 0.840. The van der Waals surface area contributed by atoms with Gasteiger partial charge in [-0.15, -0.1) is 0 Å². The first-order valence-electron chi connectivity index (χ1n) is 3.17. The minimum Gasteiger partial charge on any atom is -1.00 e. The van der Waals surface area contributed by atoms with Gasteiger partial charge in [-0.2, -0.15) is 0 Å². The molecular formula is C7H15BrMg. The van der Waals surface area contributed by atoms with Crippen LogP contribution in [0.25, 0.3) is 0 Å². The van der Waals surface area contributed by atoms with Gasteiger partial charge in [0.05, 0.1) is 0 Å². The molecule has 0 spiro atoms. The van der Waals surface area contributed by atoms with Gasteiger partial charge in [0.2, 0.25) is 0 Å². The first-order chi connectivity index (χ1) is 3.91. The molecule has 0 amide bonds. The molecular weight excluding hydrogens is 188 g/mol. The van der Waals surface area contributed by atoms with E-state index >= 15 is 0 Å². The average Bonchev–Trinajstić information content (AvgIpc) is 1.81. The molecule has 0 aromatic rings. The van der Waals surface area contributed by atoms with E-state index in [2.05, 4.69) is 28.9 Å². The van der Waals surface area contributed by atoms with Crippen molar-refractivity contribution in [1.29, 1.82) is 0 Å². The third-order valence-electron chi connectivity index (χ3n) is 1.06. The van der Waals surface area contributed by atoms with Crippen molar-refractivity contribution in [1.82, 2.24) is 0 Å². The van der Waals surface area contributed by atoms with Crippen LogP contribution >= 0.6 is 15.9 Å². The summed E-state index contributed by atoms with van der Waals surface area (Å²) in [5.41, 5.74) is 0. The SMILES string of the molecule is CCCCC/C=C/Br.[H-].[H-].[Mg+2]. The van der Waals surface area contributed by atoms with Crippen molar-refractivity contribution in [2.45, 2.75) is 32.6 Å². The zero-order chi connectivity index (χ0) is 6.24. The Hall–Kier alpha value is 0.986. The minimum atomic E-state index is 0.